The zero-order valence-corrected chi connectivity index (χ0v) is 26.5. The zero-order chi connectivity index (χ0) is 35.5. The predicted octanol–water partition coefficient (Wildman–Crippen LogP) is -0.568. The highest BCUT2D eigenvalue weighted by Gasteiger charge is 2.51. The van der Waals surface area contributed by atoms with E-state index in [0.29, 0.717) is 10.9 Å². The smallest absolute Gasteiger partial charge is 0.336 e. The summed E-state index contributed by atoms with van der Waals surface area (Å²) >= 11 is 0. The molecule has 0 unspecified atom stereocenters. The van der Waals surface area contributed by atoms with E-state index in [4.69, 9.17) is 42.3 Å². The number of methoxy groups -OCH3 is 3. The Morgan fingerprint density at radius 1 is 0.918 bits per heavy atom. The number of carbonyl (C=O) groups excluding carboxylic acids is 1. The molecule has 2 aliphatic rings. The summed E-state index contributed by atoms with van der Waals surface area (Å²) in [5.74, 6) is -0.698. The lowest BCUT2D eigenvalue weighted by molar-refractivity contribution is -0.289. The van der Waals surface area contributed by atoms with Crippen LogP contribution in [-0.2, 0) is 23.7 Å². The third-order valence-corrected chi connectivity index (χ3v) is 7.93. The lowest BCUT2D eigenvalue weighted by Gasteiger charge is -2.40. The lowest BCUT2D eigenvalue weighted by Crippen LogP contribution is -2.60. The van der Waals surface area contributed by atoms with Crippen LogP contribution < -0.4 is 24.6 Å². The highest BCUT2D eigenvalue weighted by Crippen LogP contribution is 2.38. The second kappa shape index (κ2) is 15.0. The van der Waals surface area contributed by atoms with Crippen molar-refractivity contribution in [3.63, 3.8) is 0 Å². The van der Waals surface area contributed by atoms with Crippen molar-refractivity contribution in [2.75, 3.05) is 41.2 Å². The van der Waals surface area contributed by atoms with Crippen molar-refractivity contribution in [2.45, 2.75) is 48.7 Å². The van der Waals surface area contributed by atoms with Crippen molar-refractivity contribution in [1.29, 1.82) is 0 Å². The second-order valence-corrected chi connectivity index (χ2v) is 11.2. The van der Waals surface area contributed by atoms with Crippen LogP contribution in [-0.4, -0.2) is 126 Å². The molecule has 266 valence electrons. The van der Waals surface area contributed by atoms with Crippen LogP contribution in [0.25, 0.3) is 17.0 Å². The first-order chi connectivity index (χ1) is 23.4. The monoisotopic (exact) mass is 692 g/mol. The molecule has 2 saturated heterocycles. The van der Waals surface area contributed by atoms with Gasteiger partial charge in [-0.25, -0.2) is 9.59 Å². The Morgan fingerprint density at radius 3 is 2.29 bits per heavy atom. The zero-order valence-electron chi connectivity index (χ0n) is 26.5. The van der Waals surface area contributed by atoms with Crippen LogP contribution in [0.4, 0.5) is 0 Å². The lowest BCUT2D eigenvalue weighted by atomic mass is 9.99. The first kappa shape index (κ1) is 35.8. The molecule has 3 aromatic rings. The number of esters is 1. The highest BCUT2D eigenvalue weighted by atomic mass is 16.7. The Hall–Kier alpha value is -4.46. The third-order valence-electron chi connectivity index (χ3n) is 7.93. The van der Waals surface area contributed by atoms with Crippen molar-refractivity contribution in [1.82, 2.24) is 0 Å². The van der Waals surface area contributed by atoms with E-state index in [-0.39, 0.29) is 34.3 Å². The highest BCUT2D eigenvalue weighted by molar-refractivity contribution is 5.87. The summed E-state index contributed by atoms with van der Waals surface area (Å²) in [5, 5.41) is 63.9. The van der Waals surface area contributed by atoms with Crippen LogP contribution in [0.1, 0.15) is 5.56 Å². The van der Waals surface area contributed by atoms with Gasteiger partial charge in [0.05, 0.1) is 34.5 Å². The molecule has 17 nitrogen and oxygen atoms in total. The van der Waals surface area contributed by atoms with Gasteiger partial charge in [-0.3, -0.25) is 0 Å². The molecule has 8 atom stereocenters. The maximum Gasteiger partial charge on any atom is 0.336 e. The van der Waals surface area contributed by atoms with Gasteiger partial charge in [0, 0.05) is 23.6 Å². The second-order valence-electron chi connectivity index (χ2n) is 11.2. The van der Waals surface area contributed by atoms with E-state index >= 15 is 0 Å². The fraction of sp³-hybridized carbons (Fsp3) is 0.438. The van der Waals surface area contributed by atoms with Gasteiger partial charge in [-0.15, -0.1) is 0 Å². The number of benzene rings is 2. The average molecular weight is 693 g/mol. The molecular formula is C32H36O17. The van der Waals surface area contributed by atoms with Gasteiger partial charge in [0.25, 0.3) is 0 Å². The van der Waals surface area contributed by atoms with Gasteiger partial charge in [0.15, 0.2) is 34.9 Å². The van der Waals surface area contributed by atoms with Crippen molar-refractivity contribution in [3.05, 3.63) is 58.5 Å². The van der Waals surface area contributed by atoms with Crippen LogP contribution in [0.2, 0.25) is 0 Å². The number of carbonyl (C=O) groups is 1. The van der Waals surface area contributed by atoms with Gasteiger partial charge in [-0.05, 0) is 35.9 Å². The Kier molecular flexibility index (Phi) is 11.0. The van der Waals surface area contributed by atoms with Crippen molar-refractivity contribution < 1.29 is 77.7 Å². The van der Waals surface area contributed by atoms with Crippen molar-refractivity contribution >= 4 is 23.0 Å². The summed E-state index contributed by atoms with van der Waals surface area (Å²) in [7, 11) is 4.06. The maximum atomic E-state index is 12.4. The molecule has 0 saturated carbocycles. The molecule has 5 rings (SSSR count). The third kappa shape index (κ3) is 7.74. The van der Waals surface area contributed by atoms with Gasteiger partial charge in [0.2, 0.25) is 12.0 Å². The number of fused-ring (bicyclic) bond motifs is 1. The number of hydrogen-bond donors (Lipinski definition) is 6. The molecule has 1 aromatic heterocycles. The number of ether oxygens (including phenoxy) is 8. The SMILES string of the molecule is COc1cc2ccc(=O)oc2cc1O[C@@H]1O[C@H](CO[C@@H]2OC[C@](O)(COC(=O)/C=C/c3cc(OC)c(O)c(OC)c3)[C@H]2O)[C@@H](O)[C@H](O)[C@H]1O. The average Bonchev–Trinajstić information content (AvgIpc) is 3.38. The molecule has 0 radical (unpaired) electrons. The van der Waals surface area contributed by atoms with E-state index in [1.165, 1.54) is 63.8 Å². The number of aliphatic hydroxyl groups excluding tert-OH is 4. The van der Waals surface area contributed by atoms with Crippen LogP contribution in [0.5, 0.6) is 28.7 Å². The minimum Gasteiger partial charge on any atom is -0.502 e. The van der Waals surface area contributed by atoms with Gasteiger partial charge >= 0.3 is 11.6 Å². The fourth-order valence-electron chi connectivity index (χ4n) is 5.13. The van der Waals surface area contributed by atoms with Gasteiger partial charge < -0.3 is 73.0 Å². The van der Waals surface area contributed by atoms with E-state index in [1.807, 2.05) is 0 Å². The molecule has 6 N–H and O–H groups in total. The standard InChI is InChI=1S/C32H36O17/c1-41-18-10-16-5-7-24(34)47-17(16)11-19(18)48-30-28(38)27(37)26(36)22(49-30)12-44-31-29(39)32(40,14-46-31)13-45-23(33)6-4-15-8-20(42-2)25(35)21(9-15)43-3/h4-11,22,26-31,35-40H,12-14H2,1-3H3/b6-4+/t22-,26-,27+,28-,29+,30-,31-,32-/m1/s1. The number of phenolic OH excluding ortho intramolecular Hbond substituents is 1. The molecule has 0 amide bonds. The van der Waals surface area contributed by atoms with Crippen LogP contribution in [0, 0.1) is 0 Å². The van der Waals surface area contributed by atoms with E-state index in [1.54, 1.807) is 0 Å². The van der Waals surface area contributed by atoms with Gasteiger partial charge in [0.1, 0.15) is 42.7 Å². The molecule has 0 bridgehead atoms. The molecule has 2 aliphatic heterocycles. The number of aliphatic hydroxyl groups is 5. The fourth-order valence-corrected chi connectivity index (χ4v) is 5.13. The number of aromatic hydroxyl groups is 1. The first-order valence-electron chi connectivity index (χ1n) is 14.8. The summed E-state index contributed by atoms with van der Waals surface area (Å²) in [6.07, 6.45) is -8.88. The normalized spacial score (nSPS) is 28.4. The van der Waals surface area contributed by atoms with Crippen LogP contribution >= 0.6 is 0 Å². The molecule has 49 heavy (non-hydrogen) atoms. The molecule has 0 spiro atoms. The molecule has 17 heteroatoms. The Morgan fingerprint density at radius 2 is 1.61 bits per heavy atom. The Labute approximate surface area is 277 Å². The first-order valence-corrected chi connectivity index (χ1v) is 14.8. The predicted molar refractivity (Wildman–Crippen MR) is 164 cm³/mol. The van der Waals surface area contributed by atoms with E-state index in [2.05, 4.69) is 0 Å². The molecule has 2 fully saturated rings. The van der Waals surface area contributed by atoms with Crippen molar-refractivity contribution in [3.8, 4) is 28.7 Å². The Balaban J connectivity index is 1.18. The van der Waals surface area contributed by atoms with E-state index < -0.39 is 80.1 Å². The quantitative estimate of drug-likeness (QED) is 0.0791. The van der Waals surface area contributed by atoms with Crippen LogP contribution in [0.15, 0.2) is 51.7 Å². The maximum absolute atomic E-state index is 12.4. The minimum absolute atomic E-state index is 0.0109. The van der Waals surface area contributed by atoms with Crippen LogP contribution in [0.3, 0.4) is 0 Å². The molecular weight excluding hydrogens is 656 g/mol. The topological polar surface area (TPSA) is 242 Å². The summed E-state index contributed by atoms with van der Waals surface area (Å²) in [6.45, 7) is -1.70. The molecule has 0 aliphatic carbocycles. The number of hydrogen-bond acceptors (Lipinski definition) is 17. The summed E-state index contributed by atoms with van der Waals surface area (Å²) < 4.78 is 48.1. The number of rotatable bonds is 12. The van der Waals surface area contributed by atoms with E-state index in [0.717, 1.165) is 6.08 Å². The van der Waals surface area contributed by atoms with Gasteiger partial charge in [-0.2, -0.15) is 0 Å². The van der Waals surface area contributed by atoms with E-state index in [9.17, 15) is 40.2 Å². The largest absolute Gasteiger partial charge is 0.502 e. The van der Waals surface area contributed by atoms with Gasteiger partial charge in [-0.1, -0.05) is 0 Å². The summed E-state index contributed by atoms with van der Waals surface area (Å²) in [4.78, 5) is 24.1. The minimum atomic E-state index is -2.08. The van der Waals surface area contributed by atoms with Crippen molar-refractivity contribution in [2.24, 2.45) is 0 Å². The molecule has 2 aromatic carbocycles. The Bertz CT molecular complexity index is 1700. The molecule has 3 heterocycles. The summed E-state index contributed by atoms with van der Waals surface area (Å²) in [5.41, 5.74) is -2.11. The number of phenols is 1. The summed E-state index contributed by atoms with van der Waals surface area (Å²) in [6, 6.07) is 8.51.